The predicted octanol–water partition coefficient (Wildman–Crippen LogP) is 3.16. The van der Waals surface area contributed by atoms with Crippen LogP contribution >= 0.6 is 0 Å². The summed E-state index contributed by atoms with van der Waals surface area (Å²) in [4.78, 5) is 41.1. The van der Waals surface area contributed by atoms with Crippen molar-refractivity contribution < 1.29 is 31.9 Å². The summed E-state index contributed by atoms with van der Waals surface area (Å²) in [6.45, 7) is 0.632. The lowest BCUT2D eigenvalue weighted by molar-refractivity contribution is -0.130. The Bertz CT molecular complexity index is 1400. The second kappa shape index (κ2) is 11.3. The first-order chi connectivity index (χ1) is 20.1. The second-order valence-corrected chi connectivity index (χ2v) is 14.6. The first-order valence-electron chi connectivity index (χ1n) is 15.1. The van der Waals surface area contributed by atoms with Gasteiger partial charge in [0.15, 0.2) is 0 Å². The highest BCUT2D eigenvalue weighted by Crippen LogP contribution is 2.49. The maximum atomic E-state index is 14.1. The summed E-state index contributed by atoms with van der Waals surface area (Å²) in [6, 6.07) is 4.04. The van der Waals surface area contributed by atoms with Gasteiger partial charge in [0.25, 0.3) is 5.91 Å². The van der Waals surface area contributed by atoms with Gasteiger partial charge in [-0.1, -0.05) is 50.0 Å². The monoisotopic (exact) mass is 602 g/mol. The highest BCUT2D eigenvalue weighted by atomic mass is 32.2. The molecule has 3 fully saturated rings. The number of nitrogens with one attached hydrogen (secondary N) is 3. The molecule has 3 amide bonds. The molecule has 228 valence electrons. The molecule has 2 aliphatic carbocycles. The number of ether oxygens (including phenoxy) is 1. The van der Waals surface area contributed by atoms with Crippen molar-refractivity contribution in [1.29, 1.82) is 0 Å². The number of carbonyl (C=O) groups excluding carboxylic acids is 3. The molecule has 0 radical (unpaired) electrons. The Morgan fingerprint density at radius 2 is 1.86 bits per heavy atom. The number of benzene rings is 1. The highest BCUT2D eigenvalue weighted by Gasteiger charge is 2.63. The van der Waals surface area contributed by atoms with Gasteiger partial charge in [0.2, 0.25) is 15.9 Å². The van der Waals surface area contributed by atoms with Crippen LogP contribution in [-0.4, -0.2) is 60.2 Å². The van der Waals surface area contributed by atoms with Crippen molar-refractivity contribution in [2.24, 2.45) is 5.92 Å². The average Bonchev–Trinajstić information content (AvgIpc) is 3.76. The van der Waals surface area contributed by atoms with Crippen molar-refractivity contribution in [1.82, 2.24) is 20.3 Å². The number of amides is 3. The minimum absolute atomic E-state index is 0.127. The van der Waals surface area contributed by atoms with E-state index >= 15 is 0 Å². The molecule has 0 bridgehead atoms. The van der Waals surface area contributed by atoms with Gasteiger partial charge < -0.3 is 15.4 Å². The van der Waals surface area contributed by atoms with Crippen molar-refractivity contribution in [3.8, 4) is 0 Å². The standard InChI is InChI=1S/C30H39FN4O6S/c31-24-11-8-9-20-18-35(19-23(20)24)28(38)41-22-15-25(32-17-22)26(36)33-30-16-21(30)10-6-4-2-1-3-5-7-12-29(13-14-29)42(39,40)34-27(30)37/h6,8-11,21-22,25,32H,1-5,7,12-19H2,(H,33,36)(H,34,37)/b10-6+/t21-,22-,25+,30-/m1/s1. The van der Waals surface area contributed by atoms with Gasteiger partial charge in [-0.05, 0) is 50.2 Å². The molecular formula is C30H39FN4O6S. The molecule has 0 unspecified atom stereocenters. The van der Waals surface area contributed by atoms with Crippen LogP contribution in [0.25, 0.3) is 0 Å². The molecule has 3 heterocycles. The Labute approximate surface area is 245 Å². The van der Waals surface area contributed by atoms with Gasteiger partial charge in [0.05, 0.1) is 17.3 Å². The van der Waals surface area contributed by atoms with E-state index < -0.39 is 50.4 Å². The fourth-order valence-corrected chi connectivity index (χ4v) is 8.32. The Hall–Kier alpha value is -2.99. The summed E-state index contributed by atoms with van der Waals surface area (Å²) in [6.07, 6.45) is 10.8. The molecule has 3 N–H and O–H groups in total. The molecular weight excluding hydrogens is 563 g/mol. The van der Waals surface area contributed by atoms with E-state index in [0.717, 1.165) is 44.1 Å². The van der Waals surface area contributed by atoms with E-state index in [1.807, 2.05) is 12.2 Å². The molecule has 5 aliphatic rings. The van der Waals surface area contributed by atoms with E-state index in [2.05, 4.69) is 15.4 Å². The summed E-state index contributed by atoms with van der Waals surface area (Å²) >= 11 is 0. The van der Waals surface area contributed by atoms with Crippen LogP contribution in [0.4, 0.5) is 9.18 Å². The second-order valence-electron chi connectivity index (χ2n) is 12.6. The number of carbonyl (C=O) groups is 3. The molecule has 0 aromatic heterocycles. The molecule has 1 aromatic rings. The van der Waals surface area contributed by atoms with Crippen LogP contribution in [0.5, 0.6) is 0 Å². The molecule has 12 heteroatoms. The molecule has 1 spiro atoms. The van der Waals surface area contributed by atoms with Crippen LogP contribution in [0.2, 0.25) is 0 Å². The van der Waals surface area contributed by atoms with E-state index in [9.17, 15) is 27.2 Å². The molecule has 10 nitrogen and oxygen atoms in total. The number of sulfonamides is 1. The molecule has 1 aromatic carbocycles. The molecule has 42 heavy (non-hydrogen) atoms. The van der Waals surface area contributed by atoms with Crippen molar-refractivity contribution in [2.45, 2.75) is 106 Å². The lowest BCUT2D eigenvalue weighted by atomic mass is 10.1. The minimum Gasteiger partial charge on any atom is -0.445 e. The van der Waals surface area contributed by atoms with E-state index in [1.54, 1.807) is 12.1 Å². The van der Waals surface area contributed by atoms with Crippen molar-refractivity contribution in [3.63, 3.8) is 0 Å². The number of nitrogens with zero attached hydrogens (tertiary/aromatic N) is 1. The zero-order valence-corrected chi connectivity index (χ0v) is 24.5. The van der Waals surface area contributed by atoms with Gasteiger partial charge in [0.1, 0.15) is 17.5 Å². The Morgan fingerprint density at radius 1 is 1.07 bits per heavy atom. The summed E-state index contributed by atoms with van der Waals surface area (Å²) in [5, 5.41) is 5.93. The number of fused-ring (bicyclic) bond motifs is 2. The largest absolute Gasteiger partial charge is 0.445 e. The quantitative estimate of drug-likeness (QED) is 0.453. The maximum absolute atomic E-state index is 14.1. The smallest absolute Gasteiger partial charge is 0.410 e. The Balaban J connectivity index is 1.08. The molecule has 2 saturated carbocycles. The topological polar surface area (TPSA) is 134 Å². The summed E-state index contributed by atoms with van der Waals surface area (Å²) in [7, 11) is -3.88. The third-order valence-electron chi connectivity index (χ3n) is 9.60. The van der Waals surface area contributed by atoms with Crippen LogP contribution in [0.1, 0.15) is 81.8 Å². The number of allylic oxidation sites excluding steroid dienone is 1. The number of hydrogen-bond donors (Lipinski definition) is 3. The number of rotatable bonds is 3. The minimum atomic E-state index is -3.88. The van der Waals surface area contributed by atoms with E-state index in [0.29, 0.717) is 31.2 Å². The number of halogens is 1. The van der Waals surface area contributed by atoms with Gasteiger partial charge in [-0.2, -0.15) is 0 Å². The van der Waals surface area contributed by atoms with Crippen molar-refractivity contribution >= 4 is 27.9 Å². The molecule has 6 rings (SSSR count). The molecule has 4 atom stereocenters. The van der Waals surface area contributed by atoms with Crippen LogP contribution in [0, 0.1) is 11.7 Å². The zero-order chi connectivity index (χ0) is 29.5. The van der Waals surface area contributed by atoms with Crippen molar-refractivity contribution in [3.05, 3.63) is 47.3 Å². The maximum Gasteiger partial charge on any atom is 0.410 e. The number of hydrogen-bond acceptors (Lipinski definition) is 7. The normalized spacial score (nSPS) is 32.5. The molecule has 1 saturated heterocycles. The lowest BCUT2D eigenvalue weighted by Crippen LogP contribution is -2.56. The van der Waals surface area contributed by atoms with Crippen LogP contribution in [0.3, 0.4) is 0 Å². The van der Waals surface area contributed by atoms with Crippen LogP contribution < -0.4 is 15.4 Å². The van der Waals surface area contributed by atoms with Gasteiger partial charge in [-0.15, -0.1) is 0 Å². The van der Waals surface area contributed by atoms with E-state index in [-0.39, 0.29) is 37.8 Å². The molecule has 3 aliphatic heterocycles. The average molecular weight is 603 g/mol. The third-order valence-corrected chi connectivity index (χ3v) is 11.8. The summed E-state index contributed by atoms with van der Waals surface area (Å²) in [5.74, 6) is -1.78. The van der Waals surface area contributed by atoms with Gasteiger partial charge >= 0.3 is 6.09 Å². The lowest BCUT2D eigenvalue weighted by Gasteiger charge is -2.23. The van der Waals surface area contributed by atoms with E-state index in [4.69, 9.17) is 4.74 Å². The Morgan fingerprint density at radius 3 is 2.64 bits per heavy atom. The van der Waals surface area contributed by atoms with Crippen LogP contribution in [0.15, 0.2) is 30.4 Å². The highest BCUT2D eigenvalue weighted by molar-refractivity contribution is 7.91. The van der Waals surface area contributed by atoms with E-state index in [1.165, 1.54) is 11.0 Å². The zero-order valence-electron chi connectivity index (χ0n) is 23.7. The third kappa shape index (κ3) is 5.67. The SMILES string of the molecule is O=C(N[C@]12C[C@H]1/C=C/CCCCCCCC1(CC1)S(=O)(=O)NC2=O)[C@@H]1C[C@@H](OC(=O)N2Cc3cccc(F)c3C2)CN1. The Kier molecular flexibility index (Phi) is 7.80. The fourth-order valence-electron chi connectivity index (χ4n) is 6.62. The van der Waals surface area contributed by atoms with Crippen LogP contribution in [-0.2, 0) is 37.4 Å². The van der Waals surface area contributed by atoms with Gasteiger partial charge in [-0.3, -0.25) is 19.2 Å². The first-order valence-corrected chi connectivity index (χ1v) is 16.6. The summed E-state index contributed by atoms with van der Waals surface area (Å²) in [5.41, 5.74) is -0.110. The van der Waals surface area contributed by atoms with Crippen molar-refractivity contribution in [2.75, 3.05) is 6.54 Å². The summed E-state index contributed by atoms with van der Waals surface area (Å²) < 4.78 is 47.7. The predicted molar refractivity (Wildman–Crippen MR) is 152 cm³/mol. The van der Waals surface area contributed by atoms with Gasteiger partial charge in [0, 0.05) is 31.0 Å². The fraction of sp³-hybridized carbons (Fsp3) is 0.633. The van der Waals surface area contributed by atoms with Gasteiger partial charge in [-0.25, -0.2) is 17.6 Å². The first kappa shape index (κ1) is 29.1.